The molecule has 1 aromatic rings. The number of hydrogen-bond donors (Lipinski definition) is 1. The van der Waals surface area contributed by atoms with E-state index in [1.807, 2.05) is 18.2 Å². The summed E-state index contributed by atoms with van der Waals surface area (Å²) in [6.45, 7) is 2.05. The first-order valence-corrected chi connectivity index (χ1v) is 8.54. The number of allylic oxidation sites excluding steroid dienone is 1. The van der Waals surface area contributed by atoms with Crippen LogP contribution in [-0.2, 0) is 0 Å². The van der Waals surface area contributed by atoms with Crippen molar-refractivity contribution in [2.45, 2.75) is 57.5 Å². The Morgan fingerprint density at radius 3 is 2.55 bits per heavy atom. The molecule has 2 saturated heterocycles. The van der Waals surface area contributed by atoms with Gasteiger partial charge in [0.15, 0.2) is 0 Å². The molecule has 3 heteroatoms. The zero-order valence-corrected chi connectivity index (χ0v) is 13.2. The molecule has 22 heavy (non-hydrogen) atoms. The molecule has 2 bridgehead atoms. The van der Waals surface area contributed by atoms with Gasteiger partial charge in [0.05, 0.1) is 0 Å². The van der Waals surface area contributed by atoms with Crippen LogP contribution in [0.15, 0.2) is 35.9 Å². The first-order valence-electron chi connectivity index (χ1n) is 8.54. The van der Waals surface area contributed by atoms with Crippen molar-refractivity contribution in [2.24, 2.45) is 5.92 Å². The molecule has 1 aliphatic carbocycles. The van der Waals surface area contributed by atoms with Gasteiger partial charge in [0, 0.05) is 17.8 Å². The molecule has 3 nitrogen and oxygen atoms in total. The minimum Gasteiger partial charge on any atom is -0.318 e. The van der Waals surface area contributed by atoms with E-state index in [2.05, 4.69) is 29.3 Å². The van der Waals surface area contributed by atoms with Crippen LogP contribution in [0.2, 0.25) is 0 Å². The fraction of sp³-hybridized carbons (Fsp3) is 0.526. The molecule has 3 fully saturated rings. The second-order valence-corrected chi connectivity index (χ2v) is 7.16. The lowest BCUT2D eigenvalue weighted by atomic mass is 9.96. The van der Waals surface area contributed by atoms with Gasteiger partial charge in [0.2, 0.25) is 0 Å². The Morgan fingerprint density at radius 1 is 1.18 bits per heavy atom. The molecule has 1 aromatic carbocycles. The van der Waals surface area contributed by atoms with Gasteiger partial charge in [-0.3, -0.25) is 0 Å². The van der Waals surface area contributed by atoms with Gasteiger partial charge in [-0.2, -0.15) is 0 Å². The lowest BCUT2D eigenvalue weighted by molar-refractivity contribution is 0.173. The van der Waals surface area contributed by atoms with Gasteiger partial charge in [-0.1, -0.05) is 23.8 Å². The zero-order valence-electron chi connectivity index (χ0n) is 13.2. The summed E-state index contributed by atoms with van der Waals surface area (Å²) in [6, 6.07) is 8.95. The van der Waals surface area contributed by atoms with Crippen molar-refractivity contribution in [2.75, 3.05) is 5.32 Å². The van der Waals surface area contributed by atoms with E-state index in [0.29, 0.717) is 12.1 Å². The van der Waals surface area contributed by atoms with Crippen LogP contribution in [-0.4, -0.2) is 23.0 Å². The third-order valence-corrected chi connectivity index (χ3v) is 5.21. The third kappa shape index (κ3) is 2.77. The summed E-state index contributed by atoms with van der Waals surface area (Å²) in [5, 5.41) is 3.09. The minimum absolute atomic E-state index is 0.0866. The van der Waals surface area contributed by atoms with E-state index in [-0.39, 0.29) is 6.03 Å². The quantitative estimate of drug-likeness (QED) is 0.801. The first-order chi connectivity index (χ1) is 10.7. The van der Waals surface area contributed by atoms with E-state index in [9.17, 15) is 4.79 Å². The van der Waals surface area contributed by atoms with Crippen molar-refractivity contribution in [1.82, 2.24) is 4.90 Å². The predicted molar refractivity (Wildman–Crippen MR) is 88.9 cm³/mol. The summed E-state index contributed by atoms with van der Waals surface area (Å²) in [5.41, 5.74) is 3.69. The number of carbonyl (C=O) groups is 1. The lowest BCUT2D eigenvalue weighted by Crippen LogP contribution is -2.46. The van der Waals surface area contributed by atoms with Gasteiger partial charge in [0.25, 0.3) is 0 Å². The van der Waals surface area contributed by atoms with Crippen LogP contribution < -0.4 is 5.32 Å². The highest BCUT2D eigenvalue weighted by molar-refractivity contribution is 5.90. The van der Waals surface area contributed by atoms with Crippen molar-refractivity contribution in [3.05, 3.63) is 41.5 Å². The summed E-state index contributed by atoms with van der Waals surface area (Å²) >= 11 is 0. The molecule has 2 amide bonds. The van der Waals surface area contributed by atoms with Crippen LogP contribution >= 0.6 is 0 Å². The van der Waals surface area contributed by atoms with Gasteiger partial charge in [-0.05, 0) is 69.1 Å². The average molecular weight is 296 g/mol. The van der Waals surface area contributed by atoms with Crippen LogP contribution in [0, 0.1) is 12.8 Å². The number of carbonyl (C=O) groups excluding carboxylic acids is 1. The molecular weight excluding hydrogens is 272 g/mol. The van der Waals surface area contributed by atoms with E-state index in [0.717, 1.165) is 37.3 Å². The number of fused-ring (bicyclic) bond motifs is 2. The van der Waals surface area contributed by atoms with Crippen LogP contribution in [0.3, 0.4) is 0 Å². The summed E-state index contributed by atoms with van der Waals surface area (Å²) in [5.74, 6) is 0.849. The summed E-state index contributed by atoms with van der Waals surface area (Å²) in [4.78, 5) is 14.8. The van der Waals surface area contributed by atoms with E-state index >= 15 is 0 Å². The molecule has 2 heterocycles. The fourth-order valence-electron chi connectivity index (χ4n) is 4.03. The SMILES string of the molecule is Cc1cccc(NC(=O)N2C3CCC2CC(=CC2CC2)C3)c1. The van der Waals surface area contributed by atoms with Crippen LogP contribution in [0.4, 0.5) is 10.5 Å². The number of aryl methyl sites for hydroxylation is 1. The number of benzene rings is 1. The topological polar surface area (TPSA) is 32.3 Å². The smallest absolute Gasteiger partial charge is 0.318 e. The number of hydrogen-bond acceptors (Lipinski definition) is 1. The monoisotopic (exact) mass is 296 g/mol. The largest absolute Gasteiger partial charge is 0.322 e. The van der Waals surface area contributed by atoms with Crippen molar-refractivity contribution in [1.29, 1.82) is 0 Å². The third-order valence-electron chi connectivity index (χ3n) is 5.21. The Balaban J connectivity index is 1.45. The second kappa shape index (κ2) is 5.45. The highest BCUT2D eigenvalue weighted by Gasteiger charge is 2.41. The summed E-state index contributed by atoms with van der Waals surface area (Å²) in [7, 11) is 0. The predicted octanol–water partition coefficient (Wildman–Crippen LogP) is 4.49. The standard InChI is InChI=1S/C19H24N2O/c1-13-3-2-4-16(9-13)20-19(22)21-17-7-8-18(21)12-15(11-17)10-14-5-6-14/h2-4,9-10,14,17-18H,5-8,11-12H2,1H3,(H,20,22). The molecule has 2 atom stereocenters. The number of nitrogens with one attached hydrogen (secondary N) is 1. The maximum absolute atomic E-state index is 12.7. The van der Waals surface area contributed by atoms with Crippen molar-refractivity contribution in [3.63, 3.8) is 0 Å². The van der Waals surface area contributed by atoms with Crippen molar-refractivity contribution >= 4 is 11.7 Å². The number of amides is 2. The number of rotatable bonds is 2. The van der Waals surface area contributed by atoms with E-state index in [4.69, 9.17) is 0 Å². The second-order valence-electron chi connectivity index (χ2n) is 7.16. The first kappa shape index (κ1) is 13.9. The summed E-state index contributed by atoms with van der Waals surface area (Å²) in [6.07, 6.45) is 9.75. The van der Waals surface area contributed by atoms with Gasteiger partial charge in [-0.15, -0.1) is 0 Å². The molecule has 2 aliphatic heterocycles. The molecule has 0 aromatic heterocycles. The Labute approximate surface area is 132 Å². The number of nitrogens with zero attached hydrogens (tertiary/aromatic N) is 1. The normalized spacial score (nSPS) is 27.0. The lowest BCUT2D eigenvalue weighted by Gasteiger charge is -2.36. The Morgan fingerprint density at radius 2 is 1.91 bits per heavy atom. The van der Waals surface area contributed by atoms with Crippen LogP contribution in [0.1, 0.15) is 44.1 Å². The fourth-order valence-corrected chi connectivity index (χ4v) is 4.03. The summed E-state index contributed by atoms with van der Waals surface area (Å²) < 4.78 is 0. The van der Waals surface area contributed by atoms with Gasteiger partial charge < -0.3 is 10.2 Å². The minimum atomic E-state index is 0.0866. The molecule has 2 unspecified atom stereocenters. The molecule has 4 rings (SSSR count). The van der Waals surface area contributed by atoms with E-state index in [1.54, 1.807) is 5.57 Å². The van der Waals surface area contributed by atoms with E-state index in [1.165, 1.54) is 18.4 Å². The maximum Gasteiger partial charge on any atom is 0.322 e. The molecule has 0 radical (unpaired) electrons. The number of anilines is 1. The molecule has 116 valence electrons. The van der Waals surface area contributed by atoms with Gasteiger partial charge in [0.1, 0.15) is 0 Å². The molecule has 3 aliphatic rings. The zero-order chi connectivity index (χ0) is 15.1. The van der Waals surface area contributed by atoms with Gasteiger partial charge >= 0.3 is 6.03 Å². The number of urea groups is 1. The van der Waals surface area contributed by atoms with Crippen molar-refractivity contribution < 1.29 is 4.79 Å². The maximum atomic E-state index is 12.7. The van der Waals surface area contributed by atoms with E-state index < -0.39 is 0 Å². The molecule has 1 saturated carbocycles. The molecule has 1 N–H and O–H groups in total. The number of piperidine rings is 1. The van der Waals surface area contributed by atoms with Crippen LogP contribution in [0.5, 0.6) is 0 Å². The molecular formula is C19H24N2O. The highest BCUT2D eigenvalue weighted by Crippen LogP contribution is 2.41. The Hall–Kier alpha value is -1.77. The molecule has 0 spiro atoms. The Kier molecular flexibility index (Phi) is 3.44. The van der Waals surface area contributed by atoms with Crippen molar-refractivity contribution in [3.8, 4) is 0 Å². The van der Waals surface area contributed by atoms with Crippen LogP contribution in [0.25, 0.3) is 0 Å². The van der Waals surface area contributed by atoms with Gasteiger partial charge in [-0.25, -0.2) is 4.79 Å². The Bertz CT molecular complexity index is 602. The highest BCUT2D eigenvalue weighted by atomic mass is 16.2. The average Bonchev–Trinajstić information content (AvgIpc) is 3.24.